The first-order valence-corrected chi connectivity index (χ1v) is 11.5. The second kappa shape index (κ2) is 8.96. The Kier molecular flexibility index (Phi) is 5.89. The van der Waals surface area contributed by atoms with Gasteiger partial charge in [-0.3, -0.25) is 9.48 Å². The minimum absolute atomic E-state index is 0.0460. The summed E-state index contributed by atoms with van der Waals surface area (Å²) in [6.07, 6.45) is 9.81. The van der Waals surface area contributed by atoms with E-state index in [4.69, 9.17) is 4.98 Å². The smallest absolute Gasteiger partial charge is 0.228 e. The van der Waals surface area contributed by atoms with E-state index in [-0.39, 0.29) is 11.8 Å². The summed E-state index contributed by atoms with van der Waals surface area (Å²) in [4.78, 5) is 27.1. The van der Waals surface area contributed by atoms with Gasteiger partial charge in [-0.25, -0.2) is 9.97 Å². The molecule has 2 fully saturated rings. The average Bonchev–Trinajstić information content (AvgIpc) is 3.25. The van der Waals surface area contributed by atoms with Crippen LogP contribution in [-0.4, -0.2) is 74.7 Å². The molecule has 8 nitrogen and oxygen atoms in total. The predicted octanol–water partition coefficient (Wildman–Crippen LogP) is 2.78. The zero-order valence-corrected chi connectivity index (χ0v) is 18.9. The number of hydrogen-bond acceptors (Lipinski definition) is 6. The van der Waals surface area contributed by atoms with Crippen molar-refractivity contribution in [3.8, 4) is 11.3 Å². The standard InChI is InChI=1S/C24H31N7O/c1-29-9-7-20(8-10-29)31-11-5-17(6-12-31)24(32)28-23-13-22-18(14-25-23)3-4-21(27-22)19-15-26-30(2)16-19/h3-4,13-17,20H,5-12H2,1-2H3,(H,25,28,32). The van der Waals surface area contributed by atoms with Crippen LogP contribution < -0.4 is 5.32 Å². The summed E-state index contributed by atoms with van der Waals surface area (Å²) in [5.74, 6) is 0.684. The van der Waals surface area contributed by atoms with Gasteiger partial charge in [-0.2, -0.15) is 5.10 Å². The van der Waals surface area contributed by atoms with E-state index in [1.54, 1.807) is 17.1 Å². The number of hydrogen-bond donors (Lipinski definition) is 1. The van der Waals surface area contributed by atoms with Crippen LogP contribution in [0.4, 0.5) is 5.82 Å². The lowest BCUT2D eigenvalue weighted by Gasteiger charge is -2.40. The molecule has 32 heavy (non-hydrogen) atoms. The van der Waals surface area contributed by atoms with Crippen LogP contribution in [0.2, 0.25) is 0 Å². The van der Waals surface area contributed by atoms with Crippen LogP contribution in [0.3, 0.4) is 0 Å². The molecule has 168 valence electrons. The number of fused-ring (bicyclic) bond motifs is 1. The third-order valence-electron chi connectivity index (χ3n) is 6.93. The van der Waals surface area contributed by atoms with Crippen molar-refractivity contribution < 1.29 is 4.79 Å². The van der Waals surface area contributed by atoms with Crippen molar-refractivity contribution in [2.75, 3.05) is 38.5 Å². The number of likely N-dealkylation sites (tertiary alicyclic amines) is 2. The quantitative estimate of drug-likeness (QED) is 0.682. The van der Waals surface area contributed by atoms with E-state index in [9.17, 15) is 4.79 Å². The average molecular weight is 434 g/mol. The number of nitrogens with one attached hydrogen (secondary N) is 1. The molecular formula is C24H31N7O. The van der Waals surface area contributed by atoms with Crippen molar-refractivity contribution >= 4 is 22.6 Å². The fourth-order valence-electron chi connectivity index (χ4n) is 4.91. The molecule has 5 heterocycles. The molecule has 0 bridgehead atoms. The van der Waals surface area contributed by atoms with Crippen LogP contribution in [0, 0.1) is 5.92 Å². The highest BCUT2D eigenvalue weighted by atomic mass is 16.1. The van der Waals surface area contributed by atoms with Gasteiger partial charge in [0, 0.05) is 48.4 Å². The third kappa shape index (κ3) is 4.52. The number of aromatic nitrogens is 4. The maximum absolute atomic E-state index is 12.9. The molecule has 2 saturated heterocycles. The molecule has 0 saturated carbocycles. The van der Waals surface area contributed by atoms with Crippen LogP contribution in [0.1, 0.15) is 25.7 Å². The van der Waals surface area contributed by atoms with E-state index in [0.29, 0.717) is 11.9 Å². The highest BCUT2D eigenvalue weighted by molar-refractivity contribution is 5.93. The molecule has 3 aromatic heterocycles. The normalized spacial score (nSPS) is 19.4. The maximum Gasteiger partial charge on any atom is 0.228 e. The highest BCUT2D eigenvalue weighted by Gasteiger charge is 2.30. The fraction of sp³-hybridized carbons (Fsp3) is 0.500. The van der Waals surface area contributed by atoms with Crippen LogP contribution in [0.15, 0.2) is 36.8 Å². The summed E-state index contributed by atoms with van der Waals surface area (Å²) in [6, 6.07) is 6.51. The van der Waals surface area contributed by atoms with Crippen molar-refractivity contribution in [1.29, 1.82) is 0 Å². The van der Waals surface area contributed by atoms with Gasteiger partial charge in [-0.05, 0) is 71.0 Å². The van der Waals surface area contributed by atoms with Crippen molar-refractivity contribution in [2.45, 2.75) is 31.7 Å². The second-order valence-corrected chi connectivity index (χ2v) is 9.20. The van der Waals surface area contributed by atoms with Crippen LogP contribution in [-0.2, 0) is 11.8 Å². The lowest BCUT2D eigenvalue weighted by molar-refractivity contribution is -0.121. The number of aryl methyl sites for hydroxylation is 1. The van der Waals surface area contributed by atoms with Crippen LogP contribution >= 0.6 is 0 Å². The lowest BCUT2D eigenvalue weighted by atomic mass is 9.93. The van der Waals surface area contributed by atoms with Crippen molar-refractivity contribution in [3.63, 3.8) is 0 Å². The Morgan fingerprint density at radius 1 is 1.03 bits per heavy atom. The summed E-state index contributed by atoms with van der Waals surface area (Å²) < 4.78 is 1.76. The number of carbonyl (C=O) groups is 1. The first-order chi connectivity index (χ1) is 15.5. The van der Waals surface area contributed by atoms with E-state index in [1.165, 1.54) is 25.9 Å². The molecule has 0 aromatic carbocycles. The molecule has 0 aliphatic carbocycles. The lowest BCUT2D eigenvalue weighted by Crippen LogP contribution is -2.48. The molecule has 0 spiro atoms. The summed E-state index contributed by atoms with van der Waals surface area (Å²) in [5.41, 5.74) is 2.64. The van der Waals surface area contributed by atoms with Gasteiger partial charge >= 0.3 is 0 Å². The highest BCUT2D eigenvalue weighted by Crippen LogP contribution is 2.25. The van der Waals surface area contributed by atoms with E-state index < -0.39 is 0 Å². The Balaban J connectivity index is 1.22. The Labute approximate surface area is 188 Å². The molecule has 8 heteroatoms. The van der Waals surface area contributed by atoms with Crippen LogP contribution in [0.5, 0.6) is 0 Å². The molecule has 1 amide bonds. The Hall–Kier alpha value is -2.84. The minimum Gasteiger partial charge on any atom is -0.310 e. The number of piperidine rings is 2. The number of carbonyl (C=O) groups excluding carboxylic acids is 1. The van der Waals surface area contributed by atoms with Crippen LogP contribution in [0.25, 0.3) is 22.2 Å². The molecule has 0 atom stereocenters. The van der Waals surface area contributed by atoms with Gasteiger partial charge in [0.15, 0.2) is 0 Å². The van der Waals surface area contributed by atoms with Gasteiger partial charge in [0.1, 0.15) is 5.82 Å². The van der Waals surface area contributed by atoms with E-state index in [0.717, 1.165) is 48.1 Å². The van der Waals surface area contributed by atoms with E-state index in [1.807, 2.05) is 31.4 Å². The van der Waals surface area contributed by atoms with Gasteiger partial charge in [-0.15, -0.1) is 0 Å². The first-order valence-electron chi connectivity index (χ1n) is 11.5. The molecule has 2 aliphatic heterocycles. The van der Waals surface area contributed by atoms with Gasteiger partial charge in [0.2, 0.25) is 5.91 Å². The zero-order chi connectivity index (χ0) is 22.1. The summed E-state index contributed by atoms with van der Waals surface area (Å²) >= 11 is 0. The topological polar surface area (TPSA) is 79.2 Å². The van der Waals surface area contributed by atoms with E-state index >= 15 is 0 Å². The van der Waals surface area contributed by atoms with E-state index in [2.05, 4.69) is 32.2 Å². The van der Waals surface area contributed by atoms with Crippen molar-refractivity contribution in [1.82, 2.24) is 29.5 Å². The molecule has 1 N–H and O–H groups in total. The maximum atomic E-state index is 12.9. The van der Waals surface area contributed by atoms with Gasteiger partial charge in [0.05, 0.1) is 17.4 Å². The predicted molar refractivity (Wildman–Crippen MR) is 125 cm³/mol. The summed E-state index contributed by atoms with van der Waals surface area (Å²) in [7, 11) is 4.09. The Morgan fingerprint density at radius 3 is 2.53 bits per heavy atom. The molecule has 0 unspecified atom stereocenters. The Bertz CT molecular complexity index is 1090. The number of nitrogens with zero attached hydrogens (tertiary/aromatic N) is 6. The molecular weight excluding hydrogens is 402 g/mol. The molecule has 5 rings (SSSR count). The number of anilines is 1. The summed E-state index contributed by atoms with van der Waals surface area (Å²) in [6.45, 7) is 4.37. The zero-order valence-electron chi connectivity index (χ0n) is 18.9. The SMILES string of the molecule is CN1CCC(N2CCC(C(=O)Nc3cc4nc(-c5cnn(C)c5)ccc4cn3)CC2)CC1. The number of amides is 1. The fourth-order valence-corrected chi connectivity index (χ4v) is 4.91. The monoisotopic (exact) mass is 433 g/mol. The largest absolute Gasteiger partial charge is 0.310 e. The van der Waals surface area contributed by atoms with Crippen molar-refractivity contribution in [3.05, 3.63) is 36.8 Å². The van der Waals surface area contributed by atoms with Gasteiger partial charge in [0.25, 0.3) is 0 Å². The van der Waals surface area contributed by atoms with Gasteiger partial charge in [-0.1, -0.05) is 0 Å². The third-order valence-corrected chi connectivity index (χ3v) is 6.93. The number of pyridine rings is 2. The number of rotatable bonds is 4. The second-order valence-electron chi connectivity index (χ2n) is 9.20. The molecule has 2 aliphatic rings. The summed E-state index contributed by atoms with van der Waals surface area (Å²) in [5, 5.41) is 8.20. The molecule has 3 aromatic rings. The van der Waals surface area contributed by atoms with Gasteiger partial charge < -0.3 is 15.1 Å². The Morgan fingerprint density at radius 2 is 1.81 bits per heavy atom. The first kappa shape index (κ1) is 21.0. The minimum atomic E-state index is 0.0460. The molecule has 0 radical (unpaired) electrons. The van der Waals surface area contributed by atoms with Crippen molar-refractivity contribution in [2.24, 2.45) is 13.0 Å².